The second-order valence-corrected chi connectivity index (χ2v) is 9.31. The second kappa shape index (κ2) is 9.32. The van der Waals surface area contributed by atoms with Crippen molar-refractivity contribution in [2.24, 2.45) is 0 Å². The fourth-order valence-electron chi connectivity index (χ4n) is 4.66. The molecule has 0 bridgehead atoms. The Balaban J connectivity index is 1.29. The Bertz CT molecular complexity index is 1020. The van der Waals surface area contributed by atoms with E-state index in [2.05, 4.69) is 54.3 Å². The fraction of sp³-hybridized carbons (Fsp3) is 0.458. The van der Waals surface area contributed by atoms with Crippen LogP contribution in [0.15, 0.2) is 42.0 Å². The van der Waals surface area contributed by atoms with Crippen LogP contribution in [0.5, 0.6) is 0 Å². The van der Waals surface area contributed by atoms with Crippen molar-refractivity contribution in [3.8, 4) is 11.1 Å². The number of hydrogen-bond donors (Lipinski definition) is 0. The van der Waals surface area contributed by atoms with Gasteiger partial charge in [-0.1, -0.05) is 43.2 Å². The molecule has 2 saturated heterocycles. The Hall–Kier alpha value is -2.51. The average molecular weight is 436 g/mol. The highest BCUT2D eigenvalue weighted by atomic mass is 32.1. The van der Waals surface area contributed by atoms with Gasteiger partial charge in [0.1, 0.15) is 17.0 Å². The maximum atomic E-state index is 12.8. The third-order valence-electron chi connectivity index (χ3n) is 6.42. The Labute approximate surface area is 187 Å². The first-order valence-electron chi connectivity index (χ1n) is 11.3. The smallest absolute Gasteiger partial charge is 0.236 e. The van der Waals surface area contributed by atoms with E-state index in [1.807, 2.05) is 6.07 Å². The van der Waals surface area contributed by atoms with Crippen molar-refractivity contribution in [2.45, 2.75) is 25.7 Å². The summed E-state index contributed by atoms with van der Waals surface area (Å²) in [6.07, 6.45) is 6.48. The summed E-state index contributed by atoms with van der Waals surface area (Å²) in [4.78, 5) is 29.7. The molecular formula is C24H29N5OS. The molecule has 162 valence electrons. The van der Waals surface area contributed by atoms with Crippen molar-refractivity contribution in [1.82, 2.24) is 19.8 Å². The van der Waals surface area contributed by atoms with Crippen LogP contribution < -0.4 is 4.90 Å². The SMILES string of the molecule is O=C(CN1CCN(c2ncnc3scc(-c4ccccc4)c23)CC1)N1CCCCCC1. The molecule has 3 aromatic rings. The van der Waals surface area contributed by atoms with Crippen LogP contribution in [0, 0.1) is 0 Å². The van der Waals surface area contributed by atoms with Crippen LogP contribution in [0.3, 0.4) is 0 Å². The number of carbonyl (C=O) groups is 1. The van der Waals surface area contributed by atoms with E-state index in [0.717, 1.165) is 68.1 Å². The van der Waals surface area contributed by atoms with Gasteiger partial charge in [-0.05, 0) is 18.4 Å². The molecule has 0 spiro atoms. The molecule has 6 nitrogen and oxygen atoms in total. The lowest BCUT2D eigenvalue weighted by molar-refractivity contribution is -0.132. The minimum Gasteiger partial charge on any atom is -0.353 e. The van der Waals surface area contributed by atoms with Crippen molar-refractivity contribution >= 4 is 33.3 Å². The third-order valence-corrected chi connectivity index (χ3v) is 7.31. The molecule has 0 unspecified atom stereocenters. The number of hydrogen-bond acceptors (Lipinski definition) is 6. The molecule has 1 aromatic carbocycles. The normalized spacial score (nSPS) is 18.3. The zero-order valence-electron chi connectivity index (χ0n) is 17.9. The Morgan fingerprint density at radius 1 is 0.903 bits per heavy atom. The average Bonchev–Trinajstić information content (AvgIpc) is 3.06. The van der Waals surface area contributed by atoms with Crippen molar-refractivity contribution in [3.05, 3.63) is 42.0 Å². The van der Waals surface area contributed by atoms with Gasteiger partial charge in [0.2, 0.25) is 5.91 Å². The molecule has 2 aliphatic heterocycles. The number of fused-ring (bicyclic) bond motifs is 1. The minimum atomic E-state index is 0.295. The summed E-state index contributed by atoms with van der Waals surface area (Å²) in [5.74, 6) is 1.31. The van der Waals surface area contributed by atoms with Crippen LogP contribution in [0.4, 0.5) is 5.82 Å². The number of anilines is 1. The minimum absolute atomic E-state index is 0.295. The molecule has 2 fully saturated rings. The van der Waals surface area contributed by atoms with Crippen LogP contribution in [-0.4, -0.2) is 71.5 Å². The van der Waals surface area contributed by atoms with E-state index < -0.39 is 0 Å². The predicted octanol–water partition coefficient (Wildman–Crippen LogP) is 3.88. The maximum Gasteiger partial charge on any atom is 0.236 e. The maximum absolute atomic E-state index is 12.8. The lowest BCUT2D eigenvalue weighted by Gasteiger charge is -2.36. The predicted molar refractivity (Wildman–Crippen MR) is 127 cm³/mol. The fourth-order valence-corrected chi connectivity index (χ4v) is 5.57. The number of amides is 1. The largest absolute Gasteiger partial charge is 0.353 e. The number of likely N-dealkylation sites (tertiary alicyclic amines) is 1. The molecule has 7 heteroatoms. The summed E-state index contributed by atoms with van der Waals surface area (Å²) < 4.78 is 0. The molecule has 0 radical (unpaired) electrons. The van der Waals surface area contributed by atoms with Gasteiger partial charge in [-0.25, -0.2) is 9.97 Å². The number of carbonyl (C=O) groups excluding carboxylic acids is 1. The third kappa shape index (κ3) is 4.43. The van der Waals surface area contributed by atoms with Crippen molar-refractivity contribution in [2.75, 3.05) is 50.7 Å². The van der Waals surface area contributed by atoms with E-state index in [4.69, 9.17) is 0 Å². The molecule has 0 atom stereocenters. The topological polar surface area (TPSA) is 52.6 Å². The van der Waals surface area contributed by atoms with E-state index in [0.29, 0.717) is 12.5 Å². The van der Waals surface area contributed by atoms with Crippen LogP contribution in [-0.2, 0) is 4.79 Å². The molecule has 0 saturated carbocycles. The molecule has 1 amide bonds. The van der Waals surface area contributed by atoms with Crippen molar-refractivity contribution in [3.63, 3.8) is 0 Å². The second-order valence-electron chi connectivity index (χ2n) is 8.45. The Morgan fingerprint density at radius 3 is 2.39 bits per heavy atom. The van der Waals surface area contributed by atoms with E-state index >= 15 is 0 Å². The lowest BCUT2D eigenvalue weighted by Crippen LogP contribution is -2.50. The first-order valence-corrected chi connectivity index (χ1v) is 12.2. The first kappa shape index (κ1) is 20.4. The summed E-state index contributed by atoms with van der Waals surface area (Å²) in [6, 6.07) is 10.5. The standard InChI is InChI=1S/C24H29N5OS/c30-21(28-10-6-1-2-7-11-28)16-27-12-14-29(15-13-27)23-22-20(19-8-4-3-5-9-19)17-31-24(22)26-18-25-23/h3-5,8-9,17-18H,1-2,6-7,10-16H2. The van der Waals surface area contributed by atoms with Gasteiger partial charge in [0, 0.05) is 50.2 Å². The zero-order valence-corrected chi connectivity index (χ0v) is 18.7. The van der Waals surface area contributed by atoms with Gasteiger partial charge in [-0.15, -0.1) is 11.3 Å². The Morgan fingerprint density at radius 2 is 1.65 bits per heavy atom. The number of aromatic nitrogens is 2. The summed E-state index contributed by atoms with van der Waals surface area (Å²) >= 11 is 1.68. The lowest BCUT2D eigenvalue weighted by atomic mass is 10.1. The van der Waals surface area contributed by atoms with Gasteiger partial charge in [0.25, 0.3) is 0 Å². The molecule has 0 N–H and O–H groups in total. The summed E-state index contributed by atoms with van der Waals surface area (Å²) in [7, 11) is 0. The zero-order chi connectivity index (χ0) is 21.0. The van der Waals surface area contributed by atoms with E-state index in [1.165, 1.54) is 24.0 Å². The van der Waals surface area contributed by atoms with E-state index in [9.17, 15) is 4.79 Å². The quantitative estimate of drug-likeness (QED) is 0.622. The highest BCUT2D eigenvalue weighted by Gasteiger charge is 2.25. The van der Waals surface area contributed by atoms with Gasteiger partial charge in [0.05, 0.1) is 11.9 Å². The Kier molecular flexibility index (Phi) is 6.13. The van der Waals surface area contributed by atoms with Crippen molar-refractivity contribution < 1.29 is 4.79 Å². The van der Waals surface area contributed by atoms with Crippen LogP contribution in [0.1, 0.15) is 25.7 Å². The number of thiophene rings is 1. The monoisotopic (exact) mass is 435 g/mol. The van der Waals surface area contributed by atoms with E-state index in [-0.39, 0.29) is 0 Å². The van der Waals surface area contributed by atoms with Crippen LogP contribution >= 0.6 is 11.3 Å². The van der Waals surface area contributed by atoms with Crippen LogP contribution in [0.2, 0.25) is 0 Å². The highest BCUT2D eigenvalue weighted by Crippen LogP contribution is 2.37. The number of piperazine rings is 1. The van der Waals surface area contributed by atoms with Crippen molar-refractivity contribution in [1.29, 1.82) is 0 Å². The highest BCUT2D eigenvalue weighted by molar-refractivity contribution is 7.17. The number of benzene rings is 1. The van der Waals surface area contributed by atoms with Crippen LogP contribution in [0.25, 0.3) is 21.3 Å². The van der Waals surface area contributed by atoms with Gasteiger partial charge in [0.15, 0.2) is 0 Å². The number of rotatable bonds is 4. The van der Waals surface area contributed by atoms with Gasteiger partial charge < -0.3 is 9.80 Å². The molecule has 5 rings (SSSR count). The van der Waals surface area contributed by atoms with Gasteiger partial charge in [-0.3, -0.25) is 9.69 Å². The molecule has 0 aliphatic carbocycles. The molecule has 31 heavy (non-hydrogen) atoms. The van der Waals surface area contributed by atoms with Gasteiger partial charge in [-0.2, -0.15) is 0 Å². The van der Waals surface area contributed by atoms with Gasteiger partial charge >= 0.3 is 0 Å². The molecular weight excluding hydrogens is 406 g/mol. The summed E-state index contributed by atoms with van der Waals surface area (Å²) in [5.41, 5.74) is 2.40. The molecule has 4 heterocycles. The molecule has 2 aromatic heterocycles. The summed E-state index contributed by atoms with van der Waals surface area (Å²) in [6.45, 7) is 5.93. The molecule has 2 aliphatic rings. The summed E-state index contributed by atoms with van der Waals surface area (Å²) in [5, 5.41) is 3.33. The first-order chi connectivity index (χ1) is 15.3. The number of nitrogens with zero attached hydrogens (tertiary/aromatic N) is 5. The van der Waals surface area contributed by atoms with E-state index in [1.54, 1.807) is 17.7 Å².